The predicted octanol–water partition coefficient (Wildman–Crippen LogP) is 1.63. The van der Waals surface area contributed by atoms with E-state index in [0.29, 0.717) is 0 Å². The molecule has 0 saturated heterocycles. The van der Waals surface area contributed by atoms with Gasteiger partial charge < -0.3 is 5.11 Å². The normalized spacial score (nSPS) is 14.9. The molecular formula is C7H14O2S. The summed E-state index contributed by atoms with van der Waals surface area (Å²) < 4.78 is 0. The molecule has 0 heterocycles. The van der Waals surface area contributed by atoms with E-state index in [-0.39, 0.29) is 10.5 Å². The molecule has 0 aliphatic rings. The Morgan fingerprint density at radius 3 is 2.00 bits per heavy atom. The smallest absolute Gasteiger partial charge is 0.196 e. The monoisotopic (exact) mass is 162 g/mol. The third kappa shape index (κ3) is 3.90. The summed E-state index contributed by atoms with van der Waals surface area (Å²) in [7, 11) is 0. The summed E-state index contributed by atoms with van der Waals surface area (Å²) in [5.74, 6) is 0. The molecule has 0 saturated carbocycles. The van der Waals surface area contributed by atoms with Crippen LogP contribution in [0.1, 0.15) is 27.7 Å². The summed E-state index contributed by atoms with van der Waals surface area (Å²) in [6.45, 7) is 7.11. The van der Waals surface area contributed by atoms with Crippen LogP contribution in [0.15, 0.2) is 0 Å². The molecule has 0 aliphatic carbocycles. The van der Waals surface area contributed by atoms with Gasteiger partial charge in [-0.25, -0.2) is 0 Å². The first-order valence-corrected chi connectivity index (χ1v) is 4.11. The summed E-state index contributed by atoms with van der Waals surface area (Å²) in [5, 5.41) is 8.86. The number of carbonyl (C=O) groups excluding carboxylic acids is 1. The zero-order valence-corrected chi connectivity index (χ0v) is 7.66. The van der Waals surface area contributed by atoms with Crippen molar-refractivity contribution in [1.29, 1.82) is 0 Å². The average Bonchev–Trinajstić information content (AvgIpc) is 1.60. The van der Waals surface area contributed by atoms with E-state index in [0.717, 1.165) is 11.8 Å². The van der Waals surface area contributed by atoms with Gasteiger partial charge in [0.25, 0.3) is 0 Å². The van der Waals surface area contributed by atoms with E-state index in [2.05, 4.69) is 0 Å². The first-order valence-electron chi connectivity index (χ1n) is 3.23. The van der Waals surface area contributed by atoms with Crippen LogP contribution in [0.4, 0.5) is 0 Å². The summed E-state index contributed by atoms with van der Waals surface area (Å²) in [6, 6.07) is 0. The van der Waals surface area contributed by atoms with Crippen LogP contribution in [0.5, 0.6) is 0 Å². The van der Waals surface area contributed by atoms with Gasteiger partial charge in [-0.2, -0.15) is 0 Å². The molecule has 0 spiro atoms. The van der Waals surface area contributed by atoms with Crippen molar-refractivity contribution in [3.05, 3.63) is 0 Å². The van der Waals surface area contributed by atoms with Gasteiger partial charge in [-0.15, -0.1) is 0 Å². The van der Waals surface area contributed by atoms with Crippen LogP contribution in [0.2, 0.25) is 0 Å². The number of hydrogen-bond acceptors (Lipinski definition) is 3. The van der Waals surface area contributed by atoms with Crippen molar-refractivity contribution in [3.63, 3.8) is 0 Å². The Hall–Kier alpha value is -0.0200. The Labute approximate surface area is 66.0 Å². The molecule has 0 aromatic rings. The summed E-state index contributed by atoms with van der Waals surface area (Å²) in [6.07, 6.45) is 0. The highest BCUT2D eigenvalue weighted by atomic mass is 32.2. The van der Waals surface area contributed by atoms with Gasteiger partial charge in [0.05, 0.1) is 0 Å². The lowest BCUT2D eigenvalue weighted by Crippen LogP contribution is -2.18. The van der Waals surface area contributed by atoms with Crippen LogP contribution in [0, 0.1) is 5.41 Å². The van der Waals surface area contributed by atoms with Gasteiger partial charge in [-0.05, 0) is 6.92 Å². The number of rotatable bonds is 1. The van der Waals surface area contributed by atoms with Crippen molar-refractivity contribution < 1.29 is 9.90 Å². The predicted molar refractivity (Wildman–Crippen MR) is 43.7 cm³/mol. The van der Waals surface area contributed by atoms with E-state index in [1.165, 1.54) is 0 Å². The lowest BCUT2D eigenvalue weighted by Gasteiger charge is -2.16. The Morgan fingerprint density at radius 2 is 1.90 bits per heavy atom. The third-order valence-electron chi connectivity index (χ3n) is 0.890. The van der Waals surface area contributed by atoms with Crippen molar-refractivity contribution in [2.45, 2.75) is 33.1 Å². The first kappa shape index (κ1) is 9.98. The SMILES string of the molecule is C[C@@H](O)SC(=O)C(C)(C)C. The molecule has 0 amide bonds. The maximum atomic E-state index is 11.1. The molecule has 0 bridgehead atoms. The van der Waals surface area contributed by atoms with E-state index < -0.39 is 5.44 Å². The van der Waals surface area contributed by atoms with E-state index in [9.17, 15) is 4.79 Å². The van der Waals surface area contributed by atoms with Crippen molar-refractivity contribution in [3.8, 4) is 0 Å². The largest absolute Gasteiger partial charge is 0.382 e. The minimum absolute atomic E-state index is 0.0301. The molecule has 2 nitrogen and oxygen atoms in total. The number of carbonyl (C=O) groups is 1. The molecule has 60 valence electrons. The molecule has 0 unspecified atom stereocenters. The fourth-order valence-corrected chi connectivity index (χ4v) is 0.995. The van der Waals surface area contributed by atoms with Gasteiger partial charge >= 0.3 is 0 Å². The van der Waals surface area contributed by atoms with Gasteiger partial charge in [0.1, 0.15) is 5.44 Å². The first-order chi connectivity index (χ1) is 4.34. The second-order valence-corrected chi connectivity index (χ2v) is 4.54. The molecule has 1 atom stereocenters. The van der Waals surface area contributed by atoms with E-state index >= 15 is 0 Å². The second kappa shape index (κ2) is 3.39. The van der Waals surface area contributed by atoms with Crippen molar-refractivity contribution in [2.75, 3.05) is 0 Å². The number of aliphatic hydroxyl groups is 1. The van der Waals surface area contributed by atoms with E-state index in [1.54, 1.807) is 6.92 Å². The van der Waals surface area contributed by atoms with Crippen LogP contribution >= 0.6 is 11.8 Å². The molecule has 0 radical (unpaired) electrons. The van der Waals surface area contributed by atoms with Crippen LogP contribution < -0.4 is 0 Å². The summed E-state index contributed by atoms with van der Waals surface area (Å²) in [5.41, 5.74) is -0.937. The lowest BCUT2D eigenvalue weighted by atomic mass is 10.00. The Balaban J connectivity index is 3.87. The fraction of sp³-hybridized carbons (Fsp3) is 0.857. The highest BCUT2D eigenvalue weighted by Gasteiger charge is 2.22. The van der Waals surface area contributed by atoms with Crippen molar-refractivity contribution in [2.24, 2.45) is 5.41 Å². The third-order valence-corrected chi connectivity index (χ3v) is 2.06. The van der Waals surface area contributed by atoms with Gasteiger partial charge in [-0.1, -0.05) is 32.5 Å². The molecule has 10 heavy (non-hydrogen) atoms. The minimum atomic E-state index is -0.591. The zero-order valence-electron chi connectivity index (χ0n) is 6.84. The van der Waals surface area contributed by atoms with Gasteiger partial charge in [-0.3, -0.25) is 4.79 Å². The Kier molecular flexibility index (Phi) is 3.39. The second-order valence-electron chi connectivity index (χ2n) is 3.25. The van der Waals surface area contributed by atoms with Crippen LogP contribution in [-0.2, 0) is 4.79 Å². The Morgan fingerprint density at radius 1 is 1.50 bits per heavy atom. The van der Waals surface area contributed by atoms with Crippen LogP contribution in [-0.4, -0.2) is 15.7 Å². The number of thioether (sulfide) groups is 1. The quantitative estimate of drug-likeness (QED) is 0.595. The molecule has 0 aromatic carbocycles. The highest BCUT2D eigenvalue weighted by Crippen LogP contribution is 2.24. The maximum absolute atomic E-state index is 11.1. The molecular weight excluding hydrogens is 148 g/mol. The van der Waals surface area contributed by atoms with Crippen LogP contribution in [0.25, 0.3) is 0 Å². The highest BCUT2D eigenvalue weighted by molar-refractivity contribution is 8.14. The average molecular weight is 162 g/mol. The summed E-state index contributed by atoms with van der Waals surface area (Å²) >= 11 is 0.978. The summed E-state index contributed by atoms with van der Waals surface area (Å²) in [4.78, 5) is 11.1. The van der Waals surface area contributed by atoms with Crippen LogP contribution in [0.3, 0.4) is 0 Å². The lowest BCUT2D eigenvalue weighted by molar-refractivity contribution is -0.117. The molecule has 0 aliphatic heterocycles. The molecule has 1 N–H and O–H groups in total. The van der Waals surface area contributed by atoms with Gasteiger partial charge in [0.2, 0.25) is 0 Å². The van der Waals surface area contributed by atoms with Gasteiger partial charge in [0.15, 0.2) is 5.12 Å². The Bertz CT molecular complexity index is 124. The minimum Gasteiger partial charge on any atom is -0.382 e. The molecule has 0 fully saturated rings. The fourth-order valence-electron chi connectivity index (χ4n) is 0.332. The van der Waals surface area contributed by atoms with Crippen molar-refractivity contribution in [1.82, 2.24) is 0 Å². The number of aliphatic hydroxyl groups excluding tert-OH is 1. The number of hydrogen-bond donors (Lipinski definition) is 1. The van der Waals surface area contributed by atoms with Gasteiger partial charge in [0, 0.05) is 5.41 Å². The molecule has 3 heteroatoms. The standard InChI is InChI=1S/C7H14O2S/c1-5(8)10-6(9)7(2,3)4/h5,8H,1-4H3/t5-/m0/s1. The maximum Gasteiger partial charge on any atom is 0.196 e. The van der Waals surface area contributed by atoms with E-state index in [4.69, 9.17) is 5.11 Å². The topological polar surface area (TPSA) is 37.3 Å². The van der Waals surface area contributed by atoms with Crippen molar-refractivity contribution >= 4 is 16.9 Å². The van der Waals surface area contributed by atoms with E-state index in [1.807, 2.05) is 20.8 Å². The molecule has 0 rings (SSSR count). The molecule has 0 aromatic heterocycles. The zero-order chi connectivity index (χ0) is 8.36.